The van der Waals surface area contributed by atoms with Crippen LogP contribution in [0.4, 0.5) is 0 Å². The molecule has 0 heterocycles. The summed E-state index contributed by atoms with van der Waals surface area (Å²) in [6.07, 6.45) is 8.46. The molecule has 2 heteroatoms. The predicted octanol–water partition coefficient (Wildman–Crippen LogP) is 2.50. The molecule has 0 spiro atoms. The van der Waals surface area contributed by atoms with Gasteiger partial charge in [-0.15, -0.1) is 0 Å². The third-order valence-corrected chi connectivity index (χ3v) is 3.71. The van der Waals surface area contributed by atoms with Crippen molar-refractivity contribution in [2.45, 2.75) is 51.5 Å². The van der Waals surface area contributed by atoms with Gasteiger partial charge in [0.15, 0.2) is 0 Å². The SMILES string of the molecule is CCCC(CNC)N(C)CC1CCCC1. The molecule has 1 fully saturated rings. The van der Waals surface area contributed by atoms with Crippen LogP contribution >= 0.6 is 0 Å². The van der Waals surface area contributed by atoms with Crippen LogP contribution in [-0.4, -0.2) is 38.1 Å². The van der Waals surface area contributed by atoms with Crippen molar-refractivity contribution in [3.63, 3.8) is 0 Å². The molecule has 0 bridgehead atoms. The van der Waals surface area contributed by atoms with Gasteiger partial charge >= 0.3 is 0 Å². The molecule has 0 radical (unpaired) electrons. The number of nitrogens with zero attached hydrogens (tertiary/aromatic N) is 1. The van der Waals surface area contributed by atoms with E-state index in [2.05, 4.69) is 31.2 Å². The molecule has 1 unspecified atom stereocenters. The summed E-state index contributed by atoms with van der Waals surface area (Å²) in [4.78, 5) is 2.58. The molecule has 0 aromatic rings. The Morgan fingerprint density at radius 3 is 2.53 bits per heavy atom. The van der Waals surface area contributed by atoms with E-state index >= 15 is 0 Å². The largest absolute Gasteiger partial charge is 0.318 e. The first-order valence-electron chi connectivity index (χ1n) is 6.62. The molecule has 0 saturated heterocycles. The number of hydrogen-bond acceptors (Lipinski definition) is 2. The average Bonchev–Trinajstić information content (AvgIpc) is 2.70. The first-order valence-corrected chi connectivity index (χ1v) is 6.62. The molecular formula is C13H28N2. The summed E-state index contributed by atoms with van der Waals surface area (Å²) in [6.45, 7) is 4.73. The standard InChI is InChI=1S/C13H28N2/c1-4-7-13(10-14-2)15(3)11-12-8-5-6-9-12/h12-14H,4-11H2,1-3H3. The van der Waals surface area contributed by atoms with Crippen molar-refractivity contribution in [3.05, 3.63) is 0 Å². The predicted molar refractivity (Wildman–Crippen MR) is 67.2 cm³/mol. The quantitative estimate of drug-likeness (QED) is 0.697. The lowest BCUT2D eigenvalue weighted by Gasteiger charge is -2.30. The molecule has 1 rings (SSSR count). The molecule has 1 atom stereocenters. The van der Waals surface area contributed by atoms with Gasteiger partial charge in [0.1, 0.15) is 0 Å². The molecule has 1 saturated carbocycles. The molecule has 1 N–H and O–H groups in total. The van der Waals surface area contributed by atoms with Gasteiger partial charge in [0, 0.05) is 19.1 Å². The van der Waals surface area contributed by atoms with Gasteiger partial charge < -0.3 is 10.2 Å². The molecule has 0 amide bonds. The van der Waals surface area contributed by atoms with Crippen molar-refractivity contribution in [1.82, 2.24) is 10.2 Å². The minimum Gasteiger partial charge on any atom is -0.318 e. The fraction of sp³-hybridized carbons (Fsp3) is 1.00. The number of hydrogen-bond donors (Lipinski definition) is 1. The Balaban J connectivity index is 2.29. The zero-order valence-electron chi connectivity index (χ0n) is 10.8. The average molecular weight is 212 g/mol. The highest BCUT2D eigenvalue weighted by molar-refractivity contribution is 4.76. The Bertz CT molecular complexity index is 147. The summed E-state index contributed by atoms with van der Waals surface area (Å²) >= 11 is 0. The van der Waals surface area contributed by atoms with Gasteiger partial charge in [-0.05, 0) is 39.3 Å². The summed E-state index contributed by atoms with van der Waals surface area (Å²) in [5.74, 6) is 0.978. The van der Waals surface area contributed by atoms with Gasteiger partial charge in [-0.3, -0.25) is 0 Å². The molecule has 1 aliphatic rings. The molecule has 0 aromatic carbocycles. The van der Waals surface area contributed by atoms with Crippen molar-refractivity contribution < 1.29 is 0 Å². The van der Waals surface area contributed by atoms with Gasteiger partial charge in [0.05, 0.1) is 0 Å². The fourth-order valence-corrected chi connectivity index (χ4v) is 2.80. The molecule has 0 aromatic heterocycles. The summed E-state index contributed by atoms with van der Waals surface area (Å²) in [7, 11) is 4.36. The van der Waals surface area contributed by atoms with Crippen molar-refractivity contribution >= 4 is 0 Å². The first-order chi connectivity index (χ1) is 7.27. The fourth-order valence-electron chi connectivity index (χ4n) is 2.80. The normalized spacial score (nSPS) is 20.0. The van der Waals surface area contributed by atoms with Gasteiger partial charge in [0.2, 0.25) is 0 Å². The molecule has 1 aliphatic carbocycles. The first kappa shape index (κ1) is 13.0. The zero-order valence-corrected chi connectivity index (χ0v) is 10.8. The van der Waals surface area contributed by atoms with E-state index in [9.17, 15) is 0 Å². The van der Waals surface area contributed by atoms with Crippen LogP contribution < -0.4 is 5.32 Å². The van der Waals surface area contributed by atoms with Crippen LogP contribution in [0.15, 0.2) is 0 Å². The van der Waals surface area contributed by atoms with Crippen LogP contribution in [0.1, 0.15) is 45.4 Å². The van der Waals surface area contributed by atoms with E-state index in [1.165, 1.54) is 45.1 Å². The summed E-state index contributed by atoms with van der Waals surface area (Å²) in [5, 5.41) is 3.32. The van der Waals surface area contributed by atoms with E-state index in [1.807, 2.05) is 0 Å². The Morgan fingerprint density at radius 1 is 1.33 bits per heavy atom. The molecular weight excluding hydrogens is 184 g/mol. The Morgan fingerprint density at radius 2 is 2.00 bits per heavy atom. The minimum absolute atomic E-state index is 0.737. The third kappa shape index (κ3) is 4.52. The summed E-state index contributed by atoms with van der Waals surface area (Å²) in [5.41, 5.74) is 0. The third-order valence-electron chi connectivity index (χ3n) is 3.71. The second kappa shape index (κ2) is 7.24. The zero-order chi connectivity index (χ0) is 11.1. The van der Waals surface area contributed by atoms with Crippen LogP contribution in [0.3, 0.4) is 0 Å². The van der Waals surface area contributed by atoms with Crippen molar-refractivity contribution in [2.75, 3.05) is 27.2 Å². The monoisotopic (exact) mass is 212 g/mol. The molecule has 2 nitrogen and oxygen atoms in total. The summed E-state index contributed by atoms with van der Waals surface area (Å²) < 4.78 is 0. The van der Waals surface area contributed by atoms with Crippen molar-refractivity contribution in [3.8, 4) is 0 Å². The highest BCUT2D eigenvalue weighted by Gasteiger charge is 2.20. The second-order valence-electron chi connectivity index (χ2n) is 5.09. The van der Waals surface area contributed by atoms with Crippen molar-refractivity contribution in [1.29, 1.82) is 0 Å². The van der Waals surface area contributed by atoms with Gasteiger partial charge in [-0.1, -0.05) is 26.2 Å². The number of rotatable bonds is 7. The maximum Gasteiger partial charge on any atom is 0.0217 e. The van der Waals surface area contributed by atoms with Crippen LogP contribution in [0.5, 0.6) is 0 Å². The molecule has 15 heavy (non-hydrogen) atoms. The van der Waals surface area contributed by atoms with Gasteiger partial charge in [-0.25, -0.2) is 0 Å². The highest BCUT2D eigenvalue weighted by atomic mass is 15.1. The lowest BCUT2D eigenvalue weighted by molar-refractivity contribution is 0.194. The second-order valence-corrected chi connectivity index (χ2v) is 5.09. The van der Waals surface area contributed by atoms with Gasteiger partial charge in [0.25, 0.3) is 0 Å². The van der Waals surface area contributed by atoms with Crippen LogP contribution in [0.2, 0.25) is 0 Å². The Hall–Kier alpha value is -0.0800. The van der Waals surface area contributed by atoms with E-state index in [1.54, 1.807) is 0 Å². The molecule has 90 valence electrons. The minimum atomic E-state index is 0.737. The molecule has 0 aliphatic heterocycles. The number of likely N-dealkylation sites (N-methyl/N-ethyl adjacent to an activating group) is 2. The van der Waals surface area contributed by atoms with E-state index in [4.69, 9.17) is 0 Å². The topological polar surface area (TPSA) is 15.3 Å². The van der Waals surface area contributed by atoms with Crippen LogP contribution in [-0.2, 0) is 0 Å². The van der Waals surface area contributed by atoms with Crippen LogP contribution in [0.25, 0.3) is 0 Å². The van der Waals surface area contributed by atoms with E-state index < -0.39 is 0 Å². The lowest BCUT2D eigenvalue weighted by atomic mass is 10.1. The lowest BCUT2D eigenvalue weighted by Crippen LogP contribution is -2.41. The van der Waals surface area contributed by atoms with Gasteiger partial charge in [-0.2, -0.15) is 0 Å². The maximum absolute atomic E-state index is 3.32. The smallest absolute Gasteiger partial charge is 0.0217 e. The van der Waals surface area contributed by atoms with E-state index in [0.29, 0.717) is 0 Å². The number of nitrogens with one attached hydrogen (secondary N) is 1. The highest BCUT2D eigenvalue weighted by Crippen LogP contribution is 2.25. The Labute approximate surface area is 95.4 Å². The maximum atomic E-state index is 3.32. The summed E-state index contributed by atoms with van der Waals surface area (Å²) in [6, 6.07) is 0.737. The van der Waals surface area contributed by atoms with Crippen molar-refractivity contribution in [2.24, 2.45) is 5.92 Å². The van der Waals surface area contributed by atoms with E-state index in [-0.39, 0.29) is 0 Å². The van der Waals surface area contributed by atoms with Crippen LogP contribution in [0, 0.1) is 5.92 Å². The van der Waals surface area contributed by atoms with E-state index in [0.717, 1.165) is 18.5 Å². The Kier molecular flexibility index (Phi) is 6.26.